The van der Waals surface area contributed by atoms with Crippen LogP contribution in [0.5, 0.6) is 0 Å². The molecule has 0 fully saturated rings. The Bertz CT molecular complexity index is 772. The summed E-state index contributed by atoms with van der Waals surface area (Å²) >= 11 is 6.09. The number of benzene rings is 2. The molecule has 2 aromatic carbocycles. The molecule has 1 heterocycles. The molecule has 0 radical (unpaired) electrons. The summed E-state index contributed by atoms with van der Waals surface area (Å²) in [7, 11) is 2.03. The smallest absolute Gasteiger partial charge is 0.136 e. The van der Waals surface area contributed by atoms with Gasteiger partial charge in [0.25, 0.3) is 0 Å². The summed E-state index contributed by atoms with van der Waals surface area (Å²) in [6.07, 6.45) is 1.77. The zero-order valence-corrected chi connectivity index (χ0v) is 12.5. The summed E-state index contributed by atoms with van der Waals surface area (Å²) in [5.41, 5.74) is 7.90. The van der Waals surface area contributed by atoms with Crippen LogP contribution in [-0.2, 0) is 6.54 Å². The Morgan fingerprint density at radius 2 is 1.81 bits per heavy atom. The van der Waals surface area contributed by atoms with Crippen molar-refractivity contribution in [2.75, 3.05) is 17.7 Å². The normalized spacial score (nSPS) is 10.8. The van der Waals surface area contributed by atoms with Crippen LogP contribution in [0.2, 0.25) is 5.02 Å². The quantitative estimate of drug-likeness (QED) is 0.740. The van der Waals surface area contributed by atoms with Crippen LogP contribution in [0.4, 0.5) is 11.5 Å². The van der Waals surface area contributed by atoms with E-state index >= 15 is 0 Å². The number of hydrogen-bond donors (Lipinski definition) is 1. The minimum absolute atomic E-state index is 0.574. The molecule has 0 saturated carbocycles. The number of nitrogens with two attached hydrogens (primary N) is 1. The molecule has 0 bridgehead atoms. The molecule has 0 aliphatic rings. The van der Waals surface area contributed by atoms with Gasteiger partial charge < -0.3 is 10.6 Å². The lowest BCUT2D eigenvalue weighted by Gasteiger charge is -2.20. The van der Waals surface area contributed by atoms with Crippen molar-refractivity contribution in [3.63, 3.8) is 0 Å². The van der Waals surface area contributed by atoms with Crippen LogP contribution in [0.15, 0.2) is 54.7 Å². The van der Waals surface area contributed by atoms with Crippen LogP contribution in [-0.4, -0.2) is 12.0 Å². The van der Waals surface area contributed by atoms with Crippen molar-refractivity contribution in [2.24, 2.45) is 0 Å². The number of aromatic nitrogens is 1. The standard InChI is InChI=1S/C17H16ClN3/c1-21(11-12-5-3-2-4-6-12)17-14-7-8-15(18)16(19)13(14)9-10-20-17/h2-10H,11,19H2,1H3. The first-order valence-corrected chi connectivity index (χ1v) is 7.12. The van der Waals surface area contributed by atoms with E-state index in [1.54, 1.807) is 6.20 Å². The van der Waals surface area contributed by atoms with Crippen molar-refractivity contribution in [1.29, 1.82) is 0 Å². The Morgan fingerprint density at radius 3 is 2.57 bits per heavy atom. The second-order valence-electron chi connectivity index (χ2n) is 5.03. The highest BCUT2D eigenvalue weighted by atomic mass is 35.5. The van der Waals surface area contributed by atoms with Crippen molar-refractivity contribution in [2.45, 2.75) is 6.54 Å². The molecule has 0 aliphatic heterocycles. The molecule has 0 aliphatic carbocycles. The average molecular weight is 298 g/mol. The van der Waals surface area contributed by atoms with Crippen LogP contribution in [0.3, 0.4) is 0 Å². The summed E-state index contributed by atoms with van der Waals surface area (Å²) in [4.78, 5) is 6.62. The molecule has 0 atom stereocenters. The van der Waals surface area contributed by atoms with Gasteiger partial charge in [-0.25, -0.2) is 4.98 Å². The van der Waals surface area contributed by atoms with Crippen LogP contribution in [0, 0.1) is 0 Å². The molecule has 2 N–H and O–H groups in total. The van der Waals surface area contributed by atoms with Crippen molar-refractivity contribution in [1.82, 2.24) is 4.98 Å². The Balaban J connectivity index is 2.02. The maximum Gasteiger partial charge on any atom is 0.136 e. The molecule has 3 rings (SSSR count). The van der Waals surface area contributed by atoms with Crippen LogP contribution < -0.4 is 10.6 Å². The first-order valence-electron chi connectivity index (χ1n) is 6.74. The van der Waals surface area contributed by atoms with E-state index in [2.05, 4.69) is 22.0 Å². The van der Waals surface area contributed by atoms with Gasteiger partial charge in [0.2, 0.25) is 0 Å². The van der Waals surface area contributed by atoms with Gasteiger partial charge in [-0.15, -0.1) is 0 Å². The van der Waals surface area contributed by atoms with E-state index in [0.29, 0.717) is 10.7 Å². The number of pyridine rings is 1. The molecule has 106 valence electrons. The zero-order valence-electron chi connectivity index (χ0n) is 11.8. The van der Waals surface area contributed by atoms with E-state index in [-0.39, 0.29) is 0 Å². The van der Waals surface area contributed by atoms with Gasteiger partial charge in [0.15, 0.2) is 0 Å². The highest BCUT2D eigenvalue weighted by Crippen LogP contribution is 2.32. The molecule has 0 spiro atoms. The lowest BCUT2D eigenvalue weighted by Crippen LogP contribution is -2.18. The largest absolute Gasteiger partial charge is 0.397 e. The third-order valence-electron chi connectivity index (χ3n) is 3.54. The third-order valence-corrected chi connectivity index (χ3v) is 3.87. The maximum absolute atomic E-state index is 6.09. The van der Waals surface area contributed by atoms with Crippen LogP contribution in [0.25, 0.3) is 10.8 Å². The lowest BCUT2D eigenvalue weighted by molar-refractivity contribution is 0.905. The van der Waals surface area contributed by atoms with E-state index in [0.717, 1.165) is 23.1 Å². The van der Waals surface area contributed by atoms with Gasteiger partial charge in [-0.1, -0.05) is 41.9 Å². The molecular weight excluding hydrogens is 282 g/mol. The van der Waals surface area contributed by atoms with Crippen LogP contribution in [0.1, 0.15) is 5.56 Å². The Hall–Kier alpha value is -2.26. The van der Waals surface area contributed by atoms with Gasteiger partial charge in [-0.2, -0.15) is 0 Å². The van der Waals surface area contributed by atoms with Crippen molar-refractivity contribution in [3.8, 4) is 0 Å². The molecule has 0 unspecified atom stereocenters. The minimum Gasteiger partial charge on any atom is -0.397 e. The number of rotatable bonds is 3. The monoisotopic (exact) mass is 297 g/mol. The van der Waals surface area contributed by atoms with E-state index in [4.69, 9.17) is 17.3 Å². The highest BCUT2D eigenvalue weighted by Gasteiger charge is 2.11. The minimum atomic E-state index is 0.574. The van der Waals surface area contributed by atoms with Gasteiger partial charge in [0, 0.05) is 30.6 Å². The molecule has 1 aromatic heterocycles. The van der Waals surface area contributed by atoms with Gasteiger partial charge in [-0.3, -0.25) is 0 Å². The predicted molar refractivity (Wildman–Crippen MR) is 89.7 cm³/mol. The van der Waals surface area contributed by atoms with Crippen molar-refractivity contribution in [3.05, 3.63) is 65.3 Å². The van der Waals surface area contributed by atoms with Gasteiger partial charge >= 0.3 is 0 Å². The fraction of sp³-hybridized carbons (Fsp3) is 0.118. The number of nitrogens with zero attached hydrogens (tertiary/aromatic N) is 2. The van der Waals surface area contributed by atoms with Gasteiger partial charge in [0.1, 0.15) is 5.82 Å². The van der Waals surface area contributed by atoms with E-state index in [1.165, 1.54) is 5.56 Å². The average Bonchev–Trinajstić information content (AvgIpc) is 2.51. The Kier molecular flexibility index (Phi) is 3.67. The molecule has 4 heteroatoms. The summed E-state index contributed by atoms with van der Waals surface area (Å²) in [5.74, 6) is 0.903. The summed E-state index contributed by atoms with van der Waals surface area (Å²) in [5, 5.41) is 2.52. The second kappa shape index (κ2) is 5.62. The molecule has 21 heavy (non-hydrogen) atoms. The first kappa shape index (κ1) is 13.7. The fourth-order valence-corrected chi connectivity index (χ4v) is 2.64. The van der Waals surface area contributed by atoms with E-state index < -0.39 is 0 Å². The number of hydrogen-bond acceptors (Lipinski definition) is 3. The molecule has 3 aromatic rings. The summed E-state index contributed by atoms with van der Waals surface area (Å²) < 4.78 is 0. The number of anilines is 2. The Labute approximate surface area is 129 Å². The fourth-order valence-electron chi connectivity index (χ4n) is 2.47. The second-order valence-corrected chi connectivity index (χ2v) is 5.44. The number of halogens is 1. The van der Waals surface area contributed by atoms with E-state index in [1.807, 2.05) is 43.4 Å². The van der Waals surface area contributed by atoms with Crippen molar-refractivity contribution < 1.29 is 0 Å². The first-order chi connectivity index (χ1) is 10.2. The molecule has 0 amide bonds. The molecule has 0 saturated heterocycles. The third kappa shape index (κ3) is 2.65. The van der Waals surface area contributed by atoms with Gasteiger partial charge in [0.05, 0.1) is 10.7 Å². The SMILES string of the molecule is CN(Cc1ccccc1)c1nccc2c(N)c(Cl)ccc12. The van der Waals surface area contributed by atoms with Crippen LogP contribution >= 0.6 is 11.6 Å². The highest BCUT2D eigenvalue weighted by molar-refractivity contribution is 6.34. The molecular formula is C17H16ClN3. The topological polar surface area (TPSA) is 42.2 Å². The van der Waals surface area contributed by atoms with Gasteiger partial charge in [-0.05, 0) is 23.8 Å². The maximum atomic E-state index is 6.09. The lowest BCUT2D eigenvalue weighted by atomic mass is 10.1. The summed E-state index contributed by atoms with van der Waals surface area (Å²) in [6, 6.07) is 16.0. The summed E-state index contributed by atoms with van der Waals surface area (Å²) in [6.45, 7) is 0.787. The number of nitrogen functional groups attached to an aromatic ring is 1. The number of fused-ring (bicyclic) bond motifs is 1. The predicted octanol–water partition coefficient (Wildman–Crippen LogP) is 4.11. The Morgan fingerprint density at radius 1 is 1.05 bits per heavy atom. The van der Waals surface area contributed by atoms with E-state index in [9.17, 15) is 0 Å². The van der Waals surface area contributed by atoms with Crippen molar-refractivity contribution >= 4 is 33.9 Å². The zero-order chi connectivity index (χ0) is 14.8. The molecule has 3 nitrogen and oxygen atoms in total.